The molecule has 0 heterocycles. The lowest BCUT2D eigenvalue weighted by molar-refractivity contribution is 0.00518. The molecule has 0 fully saturated rings. The molecular weight excluding hydrogens is 246 g/mol. The summed E-state index contributed by atoms with van der Waals surface area (Å²) >= 11 is 0. The average Bonchev–Trinajstić information content (AvgIpc) is 2.36. The summed E-state index contributed by atoms with van der Waals surface area (Å²) in [6, 6.07) is 10.4. The van der Waals surface area contributed by atoms with Gasteiger partial charge >= 0.3 is 0 Å². The molecule has 0 bridgehead atoms. The molecule has 0 amide bonds. The van der Waals surface area contributed by atoms with E-state index in [1.54, 1.807) is 0 Å². The highest BCUT2D eigenvalue weighted by Crippen LogP contribution is 2.35. The van der Waals surface area contributed by atoms with Crippen LogP contribution in [0.25, 0.3) is 0 Å². The van der Waals surface area contributed by atoms with Crippen molar-refractivity contribution in [2.24, 2.45) is 10.8 Å². The average molecular weight is 277 g/mol. The van der Waals surface area contributed by atoms with Crippen LogP contribution in [0.1, 0.15) is 53.2 Å². The van der Waals surface area contributed by atoms with Crippen LogP contribution in [0.5, 0.6) is 0 Å². The molecule has 1 rings (SSSR count). The number of aliphatic hydroxyl groups excluding tert-OH is 1. The Hall–Kier alpha value is -0.860. The van der Waals surface area contributed by atoms with Crippen molar-refractivity contribution in [1.82, 2.24) is 4.90 Å². The molecule has 0 saturated carbocycles. The Morgan fingerprint density at radius 1 is 1.05 bits per heavy atom. The molecule has 2 unspecified atom stereocenters. The fourth-order valence-corrected chi connectivity index (χ4v) is 2.61. The quantitative estimate of drug-likeness (QED) is 0.875. The van der Waals surface area contributed by atoms with Crippen molar-refractivity contribution in [2.75, 3.05) is 13.6 Å². The second kappa shape index (κ2) is 6.28. The number of hydrogen-bond donors (Lipinski definition) is 1. The molecule has 0 aromatic heterocycles. The van der Waals surface area contributed by atoms with E-state index >= 15 is 0 Å². The summed E-state index contributed by atoms with van der Waals surface area (Å²) in [4.78, 5) is 2.35. The molecule has 20 heavy (non-hydrogen) atoms. The van der Waals surface area contributed by atoms with E-state index in [2.05, 4.69) is 53.5 Å². The maximum atomic E-state index is 10.7. The molecule has 2 atom stereocenters. The number of aliphatic hydroxyl groups is 1. The minimum atomic E-state index is -0.446. The van der Waals surface area contributed by atoms with Crippen molar-refractivity contribution in [3.8, 4) is 0 Å². The van der Waals surface area contributed by atoms with E-state index in [9.17, 15) is 5.11 Å². The third-order valence-corrected chi connectivity index (χ3v) is 4.43. The smallest absolute Gasteiger partial charge is 0.0853 e. The predicted octanol–water partition coefficient (Wildman–Crippen LogP) is 4.11. The van der Waals surface area contributed by atoms with Gasteiger partial charge in [-0.2, -0.15) is 0 Å². The number of benzene rings is 1. The third kappa shape index (κ3) is 4.32. The number of hydrogen-bond acceptors (Lipinski definition) is 2. The Morgan fingerprint density at radius 3 is 2.00 bits per heavy atom. The molecule has 0 saturated heterocycles. The Kier molecular flexibility index (Phi) is 5.39. The van der Waals surface area contributed by atoms with Crippen molar-refractivity contribution < 1.29 is 5.11 Å². The fraction of sp³-hybridized carbons (Fsp3) is 0.667. The molecule has 0 aliphatic rings. The van der Waals surface area contributed by atoms with Crippen LogP contribution >= 0.6 is 0 Å². The van der Waals surface area contributed by atoms with Crippen LogP contribution in [0, 0.1) is 10.8 Å². The summed E-state index contributed by atoms with van der Waals surface area (Å²) in [6.07, 6.45) is -0.446. The van der Waals surface area contributed by atoms with Crippen molar-refractivity contribution in [1.29, 1.82) is 0 Å². The first-order valence-corrected chi connectivity index (χ1v) is 7.49. The zero-order chi connectivity index (χ0) is 15.6. The first-order valence-electron chi connectivity index (χ1n) is 7.49. The molecule has 0 spiro atoms. The minimum Gasteiger partial charge on any atom is -0.388 e. The SMILES string of the molecule is CC(N(C)CC(C)(C)C(O)c1ccccc1)C(C)(C)C. The standard InChI is InChI=1S/C18H31NO/c1-14(17(2,3)4)19(7)13-18(5,6)16(20)15-11-9-8-10-12-15/h8-12,14,16,20H,13H2,1-7H3. The van der Waals surface area contributed by atoms with E-state index < -0.39 is 6.10 Å². The normalized spacial score (nSPS) is 16.2. The van der Waals surface area contributed by atoms with Gasteiger partial charge in [0.25, 0.3) is 0 Å². The van der Waals surface area contributed by atoms with Gasteiger partial charge < -0.3 is 10.0 Å². The molecule has 0 aliphatic heterocycles. The number of rotatable bonds is 5. The van der Waals surface area contributed by atoms with Crippen LogP contribution in [0.15, 0.2) is 30.3 Å². The highest BCUT2D eigenvalue weighted by Gasteiger charge is 2.33. The van der Waals surface area contributed by atoms with Crippen LogP contribution in [0.2, 0.25) is 0 Å². The molecule has 1 N–H and O–H groups in total. The van der Waals surface area contributed by atoms with E-state index in [0.717, 1.165) is 12.1 Å². The van der Waals surface area contributed by atoms with Gasteiger partial charge in [0.2, 0.25) is 0 Å². The van der Waals surface area contributed by atoms with Crippen molar-refractivity contribution >= 4 is 0 Å². The maximum absolute atomic E-state index is 10.7. The topological polar surface area (TPSA) is 23.5 Å². The highest BCUT2D eigenvalue weighted by atomic mass is 16.3. The van der Waals surface area contributed by atoms with E-state index in [1.165, 1.54) is 0 Å². The maximum Gasteiger partial charge on any atom is 0.0853 e. The van der Waals surface area contributed by atoms with Gasteiger partial charge in [-0.25, -0.2) is 0 Å². The molecular formula is C18H31NO. The Balaban J connectivity index is 2.79. The summed E-state index contributed by atoms with van der Waals surface area (Å²) < 4.78 is 0. The highest BCUT2D eigenvalue weighted by molar-refractivity contribution is 5.19. The summed E-state index contributed by atoms with van der Waals surface area (Å²) in [5.41, 5.74) is 1.05. The Labute approximate surface area is 124 Å². The molecule has 114 valence electrons. The molecule has 1 aromatic carbocycles. The van der Waals surface area contributed by atoms with Gasteiger partial charge in [-0.1, -0.05) is 65.0 Å². The van der Waals surface area contributed by atoms with Crippen molar-refractivity contribution in [3.05, 3.63) is 35.9 Å². The molecule has 1 aromatic rings. The van der Waals surface area contributed by atoms with E-state index in [0.29, 0.717) is 6.04 Å². The lowest BCUT2D eigenvalue weighted by Crippen LogP contribution is -2.45. The van der Waals surface area contributed by atoms with Crippen LogP contribution in [0.3, 0.4) is 0 Å². The first-order chi connectivity index (χ1) is 9.05. The lowest BCUT2D eigenvalue weighted by atomic mass is 9.80. The van der Waals surface area contributed by atoms with Gasteiger partial charge in [-0.05, 0) is 24.9 Å². The number of nitrogens with zero attached hydrogens (tertiary/aromatic N) is 1. The molecule has 2 nitrogen and oxygen atoms in total. The lowest BCUT2D eigenvalue weighted by Gasteiger charge is -2.41. The predicted molar refractivity (Wildman–Crippen MR) is 86.7 cm³/mol. The van der Waals surface area contributed by atoms with Gasteiger partial charge in [0.15, 0.2) is 0 Å². The van der Waals surface area contributed by atoms with Crippen molar-refractivity contribution in [3.63, 3.8) is 0 Å². The zero-order valence-electron chi connectivity index (χ0n) is 14.1. The fourth-order valence-electron chi connectivity index (χ4n) is 2.61. The van der Waals surface area contributed by atoms with E-state index in [1.807, 2.05) is 30.3 Å². The van der Waals surface area contributed by atoms with Crippen LogP contribution < -0.4 is 0 Å². The summed E-state index contributed by atoms with van der Waals surface area (Å²) in [6.45, 7) is 14.2. The molecule has 0 radical (unpaired) electrons. The van der Waals surface area contributed by atoms with Gasteiger partial charge in [0.05, 0.1) is 6.10 Å². The second-order valence-corrected chi connectivity index (χ2v) is 7.76. The van der Waals surface area contributed by atoms with Gasteiger partial charge in [0.1, 0.15) is 0 Å². The van der Waals surface area contributed by atoms with Gasteiger partial charge in [0, 0.05) is 18.0 Å². The van der Waals surface area contributed by atoms with Crippen LogP contribution in [0.4, 0.5) is 0 Å². The van der Waals surface area contributed by atoms with Crippen molar-refractivity contribution in [2.45, 2.75) is 53.7 Å². The van der Waals surface area contributed by atoms with Gasteiger partial charge in [-0.3, -0.25) is 0 Å². The Morgan fingerprint density at radius 2 is 1.55 bits per heavy atom. The Bertz CT molecular complexity index is 405. The zero-order valence-corrected chi connectivity index (χ0v) is 14.1. The van der Waals surface area contributed by atoms with Crippen LogP contribution in [-0.4, -0.2) is 29.6 Å². The van der Waals surface area contributed by atoms with Gasteiger partial charge in [-0.15, -0.1) is 0 Å². The minimum absolute atomic E-state index is 0.185. The molecule has 0 aliphatic carbocycles. The monoisotopic (exact) mass is 277 g/mol. The van der Waals surface area contributed by atoms with Crippen LogP contribution in [-0.2, 0) is 0 Å². The first kappa shape index (κ1) is 17.2. The summed E-state index contributed by atoms with van der Waals surface area (Å²) in [5, 5.41) is 10.7. The largest absolute Gasteiger partial charge is 0.388 e. The van der Waals surface area contributed by atoms with E-state index in [-0.39, 0.29) is 10.8 Å². The van der Waals surface area contributed by atoms with E-state index in [4.69, 9.17) is 0 Å². The summed E-state index contributed by atoms with van der Waals surface area (Å²) in [7, 11) is 2.15. The third-order valence-electron chi connectivity index (χ3n) is 4.43. The second-order valence-electron chi connectivity index (χ2n) is 7.76. The molecule has 2 heteroatoms. The summed E-state index contributed by atoms with van der Waals surface area (Å²) in [5.74, 6) is 0.